The second-order valence-corrected chi connectivity index (χ2v) is 5.63. The van der Waals surface area contributed by atoms with Gasteiger partial charge in [-0.25, -0.2) is 0 Å². The van der Waals surface area contributed by atoms with Crippen molar-refractivity contribution in [3.63, 3.8) is 0 Å². The molecule has 0 aliphatic carbocycles. The van der Waals surface area contributed by atoms with E-state index in [0.717, 1.165) is 53.0 Å². The molecule has 5 nitrogen and oxygen atoms in total. The van der Waals surface area contributed by atoms with Crippen LogP contribution in [0.4, 0.5) is 0 Å². The molecule has 0 bridgehead atoms. The van der Waals surface area contributed by atoms with Gasteiger partial charge < -0.3 is 14.8 Å². The lowest BCUT2D eigenvalue weighted by molar-refractivity contribution is 0.395. The Bertz CT molecular complexity index is 572. The van der Waals surface area contributed by atoms with Crippen molar-refractivity contribution in [3.05, 3.63) is 23.2 Å². The van der Waals surface area contributed by atoms with Gasteiger partial charge in [-0.2, -0.15) is 0 Å². The van der Waals surface area contributed by atoms with Crippen LogP contribution in [0.2, 0.25) is 0 Å². The van der Waals surface area contributed by atoms with Crippen molar-refractivity contribution in [2.24, 2.45) is 0 Å². The Labute approximate surface area is 129 Å². The zero-order valence-corrected chi connectivity index (χ0v) is 13.5. The van der Waals surface area contributed by atoms with Crippen LogP contribution in [-0.4, -0.2) is 37.5 Å². The molecule has 6 heteroatoms. The van der Waals surface area contributed by atoms with Crippen LogP contribution in [0.15, 0.2) is 18.2 Å². The molecule has 0 fully saturated rings. The summed E-state index contributed by atoms with van der Waals surface area (Å²) in [4.78, 5) is 0. The minimum atomic E-state index is 0.751. The van der Waals surface area contributed by atoms with Gasteiger partial charge in [0.2, 0.25) is 0 Å². The Morgan fingerprint density at radius 2 is 2.00 bits per heavy atom. The first-order valence-corrected chi connectivity index (χ1v) is 7.85. The first-order chi connectivity index (χ1) is 10.3. The number of methoxy groups -OCH3 is 2. The highest BCUT2D eigenvalue weighted by atomic mass is 32.1. The summed E-state index contributed by atoms with van der Waals surface area (Å²) in [6, 6.07) is 5.72. The van der Waals surface area contributed by atoms with Crippen molar-refractivity contribution >= 4 is 11.3 Å². The molecule has 1 N–H and O–H groups in total. The van der Waals surface area contributed by atoms with Crippen molar-refractivity contribution in [2.75, 3.05) is 27.3 Å². The van der Waals surface area contributed by atoms with Gasteiger partial charge in [0.1, 0.15) is 16.5 Å². The van der Waals surface area contributed by atoms with Gasteiger partial charge >= 0.3 is 0 Å². The van der Waals surface area contributed by atoms with Crippen LogP contribution >= 0.6 is 11.3 Å². The van der Waals surface area contributed by atoms with Gasteiger partial charge in [0.05, 0.1) is 19.8 Å². The molecule has 0 atom stereocenters. The SMILES string of the molecule is CCCNCCc1nnc(-c2ccc(OC)cc2OC)s1. The number of ether oxygens (including phenoxy) is 2. The van der Waals surface area contributed by atoms with E-state index in [-0.39, 0.29) is 0 Å². The standard InChI is InChI=1S/C15H21N3O2S/c1-4-8-16-9-7-14-17-18-15(21-14)12-6-5-11(19-2)10-13(12)20-3/h5-6,10,16H,4,7-9H2,1-3H3. The van der Waals surface area contributed by atoms with E-state index in [1.165, 1.54) is 0 Å². The third-order valence-corrected chi connectivity index (χ3v) is 4.06. The minimum Gasteiger partial charge on any atom is -0.497 e. The molecule has 0 aliphatic heterocycles. The highest BCUT2D eigenvalue weighted by molar-refractivity contribution is 7.14. The Balaban J connectivity index is 2.10. The average Bonchev–Trinajstić information content (AvgIpc) is 2.99. The topological polar surface area (TPSA) is 56.3 Å². The third-order valence-electron chi connectivity index (χ3n) is 3.05. The maximum absolute atomic E-state index is 5.41. The fourth-order valence-corrected chi connectivity index (χ4v) is 2.80. The van der Waals surface area contributed by atoms with Crippen LogP contribution in [0, 0.1) is 0 Å². The largest absolute Gasteiger partial charge is 0.497 e. The molecule has 2 aromatic rings. The van der Waals surface area contributed by atoms with E-state index < -0.39 is 0 Å². The number of aromatic nitrogens is 2. The molecule has 0 saturated heterocycles. The first-order valence-electron chi connectivity index (χ1n) is 7.04. The molecule has 114 valence electrons. The molecule has 1 heterocycles. The van der Waals surface area contributed by atoms with Crippen LogP contribution in [-0.2, 0) is 6.42 Å². The third kappa shape index (κ3) is 4.15. The van der Waals surface area contributed by atoms with Crippen LogP contribution in [0.3, 0.4) is 0 Å². The number of hydrogen-bond donors (Lipinski definition) is 1. The molecular formula is C15H21N3O2S. The fraction of sp³-hybridized carbons (Fsp3) is 0.467. The summed E-state index contributed by atoms with van der Waals surface area (Å²) in [6.45, 7) is 4.13. The molecule has 0 amide bonds. The number of nitrogens with one attached hydrogen (secondary N) is 1. The highest BCUT2D eigenvalue weighted by Gasteiger charge is 2.12. The predicted molar refractivity (Wildman–Crippen MR) is 85.3 cm³/mol. The van der Waals surface area contributed by atoms with Gasteiger partial charge in [-0.1, -0.05) is 18.3 Å². The number of hydrogen-bond acceptors (Lipinski definition) is 6. The lowest BCUT2D eigenvalue weighted by Crippen LogP contribution is -2.17. The summed E-state index contributed by atoms with van der Waals surface area (Å²) >= 11 is 1.60. The van der Waals surface area contributed by atoms with Crippen molar-refractivity contribution in [1.82, 2.24) is 15.5 Å². The van der Waals surface area contributed by atoms with Crippen LogP contribution in [0.25, 0.3) is 10.6 Å². The monoisotopic (exact) mass is 307 g/mol. The molecule has 1 aromatic carbocycles. The van der Waals surface area contributed by atoms with Crippen molar-refractivity contribution in [1.29, 1.82) is 0 Å². The van der Waals surface area contributed by atoms with Gasteiger partial charge in [-0.05, 0) is 25.1 Å². The van der Waals surface area contributed by atoms with Crippen LogP contribution < -0.4 is 14.8 Å². The zero-order chi connectivity index (χ0) is 15.1. The summed E-state index contributed by atoms with van der Waals surface area (Å²) in [7, 11) is 3.29. The van der Waals surface area contributed by atoms with Crippen LogP contribution in [0.5, 0.6) is 11.5 Å². The van der Waals surface area contributed by atoms with Gasteiger partial charge in [-0.15, -0.1) is 10.2 Å². The Hall–Kier alpha value is -1.66. The molecule has 1 aromatic heterocycles. The van der Waals surface area contributed by atoms with E-state index in [0.29, 0.717) is 0 Å². The van der Waals surface area contributed by atoms with E-state index in [1.54, 1.807) is 25.6 Å². The zero-order valence-electron chi connectivity index (χ0n) is 12.7. The van der Waals surface area contributed by atoms with Crippen LogP contribution in [0.1, 0.15) is 18.4 Å². The molecule has 2 rings (SSSR count). The Kier molecular flexibility index (Phi) is 5.95. The molecule has 21 heavy (non-hydrogen) atoms. The van der Waals surface area contributed by atoms with E-state index >= 15 is 0 Å². The maximum Gasteiger partial charge on any atom is 0.151 e. The van der Waals surface area contributed by atoms with Gasteiger partial charge in [0.15, 0.2) is 5.01 Å². The second kappa shape index (κ2) is 7.95. The Morgan fingerprint density at radius 3 is 2.71 bits per heavy atom. The fourth-order valence-electron chi connectivity index (χ4n) is 1.94. The normalized spacial score (nSPS) is 10.6. The lowest BCUT2D eigenvalue weighted by Gasteiger charge is -2.07. The summed E-state index contributed by atoms with van der Waals surface area (Å²) < 4.78 is 10.6. The summed E-state index contributed by atoms with van der Waals surface area (Å²) in [6.07, 6.45) is 2.04. The predicted octanol–water partition coefficient (Wildman–Crippen LogP) is 2.76. The van der Waals surface area contributed by atoms with E-state index in [2.05, 4.69) is 22.4 Å². The van der Waals surface area contributed by atoms with E-state index in [4.69, 9.17) is 9.47 Å². The molecule has 0 aliphatic rings. The Morgan fingerprint density at radius 1 is 1.14 bits per heavy atom. The van der Waals surface area contributed by atoms with Crippen molar-refractivity contribution in [2.45, 2.75) is 19.8 Å². The number of rotatable bonds is 8. The van der Waals surface area contributed by atoms with Crippen molar-refractivity contribution in [3.8, 4) is 22.1 Å². The minimum absolute atomic E-state index is 0.751. The van der Waals surface area contributed by atoms with Crippen molar-refractivity contribution < 1.29 is 9.47 Å². The lowest BCUT2D eigenvalue weighted by atomic mass is 10.2. The number of nitrogens with zero attached hydrogens (tertiary/aromatic N) is 2. The highest BCUT2D eigenvalue weighted by Crippen LogP contribution is 2.34. The second-order valence-electron chi connectivity index (χ2n) is 4.57. The van der Waals surface area contributed by atoms with E-state index in [9.17, 15) is 0 Å². The summed E-state index contributed by atoms with van der Waals surface area (Å²) in [5, 5.41) is 13.8. The molecule has 0 saturated carbocycles. The molecular weight excluding hydrogens is 286 g/mol. The average molecular weight is 307 g/mol. The molecule has 0 radical (unpaired) electrons. The van der Waals surface area contributed by atoms with E-state index in [1.807, 2.05) is 18.2 Å². The summed E-state index contributed by atoms with van der Waals surface area (Å²) in [5.41, 5.74) is 0.948. The van der Waals surface area contributed by atoms with Gasteiger partial charge in [0, 0.05) is 19.0 Å². The smallest absolute Gasteiger partial charge is 0.151 e. The molecule has 0 spiro atoms. The molecule has 0 unspecified atom stereocenters. The van der Waals surface area contributed by atoms with Gasteiger partial charge in [-0.3, -0.25) is 0 Å². The summed E-state index contributed by atoms with van der Waals surface area (Å²) in [5.74, 6) is 1.52. The quantitative estimate of drug-likeness (QED) is 0.760. The maximum atomic E-state index is 5.41. The van der Waals surface area contributed by atoms with Gasteiger partial charge in [0.25, 0.3) is 0 Å². The number of benzene rings is 1. The first kappa shape index (κ1) is 15.7.